The SMILES string of the molecule is CCCCC(CC)C(=O)N1c2ccc(F)cc2C(Nc2ccc(F)cc2)CC1C. The number of halogens is 2. The largest absolute Gasteiger partial charge is 0.378 e. The van der Waals surface area contributed by atoms with Crippen LogP contribution < -0.4 is 10.2 Å². The van der Waals surface area contributed by atoms with E-state index < -0.39 is 0 Å². The van der Waals surface area contributed by atoms with Crippen LogP contribution in [0.25, 0.3) is 0 Å². The van der Waals surface area contributed by atoms with Gasteiger partial charge in [0, 0.05) is 28.9 Å². The number of carbonyl (C=O) groups is 1. The first-order chi connectivity index (χ1) is 13.9. The lowest BCUT2D eigenvalue weighted by atomic mass is 9.88. The molecule has 29 heavy (non-hydrogen) atoms. The molecular weight excluding hydrogens is 370 g/mol. The van der Waals surface area contributed by atoms with Gasteiger partial charge in [0.15, 0.2) is 0 Å². The zero-order chi connectivity index (χ0) is 21.0. The summed E-state index contributed by atoms with van der Waals surface area (Å²) in [5.41, 5.74) is 2.31. The summed E-state index contributed by atoms with van der Waals surface area (Å²) in [7, 11) is 0. The Kier molecular flexibility index (Phi) is 6.88. The summed E-state index contributed by atoms with van der Waals surface area (Å²) in [4.78, 5) is 15.2. The molecule has 0 saturated carbocycles. The Morgan fingerprint density at radius 1 is 1.14 bits per heavy atom. The molecule has 0 radical (unpaired) electrons. The van der Waals surface area contributed by atoms with Crippen molar-refractivity contribution in [2.75, 3.05) is 10.2 Å². The second-order valence-electron chi connectivity index (χ2n) is 7.95. The van der Waals surface area contributed by atoms with E-state index >= 15 is 0 Å². The highest BCUT2D eigenvalue weighted by Crippen LogP contribution is 2.40. The lowest BCUT2D eigenvalue weighted by Crippen LogP contribution is -2.47. The highest BCUT2D eigenvalue weighted by molar-refractivity contribution is 5.97. The average molecular weight is 401 g/mol. The van der Waals surface area contributed by atoms with Crippen molar-refractivity contribution < 1.29 is 13.6 Å². The van der Waals surface area contributed by atoms with Gasteiger partial charge in [-0.1, -0.05) is 26.7 Å². The summed E-state index contributed by atoms with van der Waals surface area (Å²) < 4.78 is 27.3. The fraction of sp³-hybridized carbons (Fsp3) is 0.458. The molecule has 1 aliphatic heterocycles. The number of carbonyl (C=O) groups excluding carboxylic acids is 1. The third kappa shape index (κ3) is 4.77. The van der Waals surface area contributed by atoms with Gasteiger partial charge in [-0.05, 0) is 68.7 Å². The van der Waals surface area contributed by atoms with Crippen molar-refractivity contribution in [3.05, 3.63) is 59.7 Å². The number of hydrogen-bond acceptors (Lipinski definition) is 2. The van der Waals surface area contributed by atoms with Crippen molar-refractivity contribution in [3.63, 3.8) is 0 Å². The van der Waals surface area contributed by atoms with Crippen molar-refractivity contribution in [2.45, 2.75) is 65.0 Å². The summed E-state index contributed by atoms with van der Waals surface area (Å²) >= 11 is 0. The lowest BCUT2D eigenvalue weighted by Gasteiger charge is -2.41. The van der Waals surface area contributed by atoms with Gasteiger partial charge in [-0.2, -0.15) is 0 Å². The maximum atomic E-state index is 14.1. The molecule has 2 aromatic carbocycles. The van der Waals surface area contributed by atoms with E-state index in [9.17, 15) is 13.6 Å². The molecule has 0 saturated heterocycles. The van der Waals surface area contributed by atoms with Crippen LogP contribution in [-0.4, -0.2) is 11.9 Å². The summed E-state index contributed by atoms with van der Waals surface area (Å²) in [6.45, 7) is 6.22. The molecule has 156 valence electrons. The van der Waals surface area contributed by atoms with E-state index in [-0.39, 0.29) is 35.5 Å². The van der Waals surface area contributed by atoms with Crippen LogP contribution in [0, 0.1) is 17.6 Å². The molecular formula is C24H30F2N2O. The highest BCUT2D eigenvalue weighted by atomic mass is 19.1. The number of benzene rings is 2. The molecule has 3 unspecified atom stereocenters. The van der Waals surface area contributed by atoms with Crippen molar-refractivity contribution in [1.29, 1.82) is 0 Å². The quantitative estimate of drug-likeness (QED) is 0.578. The smallest absolute Gasteiger partial charge is 0.230 e. The maximum absolute atomic E-state index is 14.1. The van der Waals surface area contributed by atoms with Gasteiger partial charge in [0.2, 0.25) is 5.91 Å². The molecule has 0 spiro atoms. The van der Waals surface area contributed by atoms with Crippen LogP contribution in [0.4, 0.5) is 20.2 Å². The molecule has 0 fully saturated rings. The minimum atomic E-state index is -0.324. The van der Waals surface area contributed by atoms with Crippen molar-refractivity contribution >= 4 is 17.3 Å². The first kappa shape index (κ1) is 21.3. The van der Waals surface area contributed by atoms with E-state index in [1.54, 1.807) is 18.2 Å². The van der Waals surface area contributed by atoms with Crippen LogP contribution in [0.1, 0.15) is 64.5 Å². The summed E-state index contributed by atoms with van der Waals surface area (Å²) in [5.74, 6) is -0.512. The van der Waals surface area contributed by atoms with Gasteiger partial charge in [-0.3, -0.25) is 4.79 Å². The van der Waals surface area contributed by atoms with Crippen LogP contribution in [0.15, 0.2) is 42.5 Å². The predicted molar refractivity (Wildman–Crippen MR) is 114 cm³/mol. The second kappa shape index (κ2) is 9.38. The molecule has 3 rings (SSSR count). The molecule has 0 aromatic heterocycles. The topological polar surface area (TPSA) is 32.3 Å². The molecule has 1 amide bonds. The van der Waals surface area contributed by atoms with Crippen LogP contribution in [0.5, 0.6) is 0 Å². The first-order valence-corrected chi connectivity index (χ1v) is 10.6. The van der Waals surface area contributed by atoms with Gasteiger partial charge >= 0.3 is 0 Å². The monoisotopic (exact) mass is 400 g/mol. The maximum Gasteiger partial charge on any atom is 0.230 e. The Bertz CT molecular complexity index is 837. The van der Waals surface area contributed by atoms with E-state index in [0.717, 1.165) is 42.6 Å². The third-order valence-electron chi connectivity index (χ3n) is 5.81. The normalized spacial score (nSPS) is 19.6. The zero-order valence-electron chi connectivity index (χ0n) is 17.4. The minimum absolute atomic E-state index is 0.0167. The Labute approximate surface area is 172 Å². The number of amides is 1. The van der Waals surface area contributed by atoms with Crippen molar-refractivity contribution in [2.24, 2.45) is 5.92 Å². The highest BCUT2D eigenvalue weighted by Gasteiger charge is 2.36. The first-order valence-electron chi connectivity index (χ1n) is 10.6. The predicted octanol–water partition coefficient (Wildman–Crippen LogP) is 6.46. The van der Waals surface area contributed by atoms with E-state index in [4.69, 9.17) is 0 Å². The van der Waals surface area contributed by atoms with Gasteiger partial charge in [0.25, 0.3) is 0 Å². The third-order valence-corrected chi connectivity index (χ3v) is 5.81. The van der Waals surface area contributed by atoms with Crippen LogP contribution in [0.2, 0.25) is 0 Å². The summed E-state index contributed by atoms with van der Waals surface area (Å²) in [6.07, 6.45) is 4.42. The molecule has 0 bridgehead atoms. The van der Waals surface area contributed by atoms with Crippen LogP contribution in [0.3, 0.4) is 0 Å². The minimum Gasteiger partial charge on any atom is -0.378 e. The van der Waals surface area contributed by atoms with Gasteiger partial charge in [-0.25, -0.2) is 8.78 Å². The lowest BCUT2D eigenvalue weighted by molar-refractivity contribution is -0.123. The molecule has 1 aliphatic rings. The van der Waals surface area contributed by atoms with E-state index in [1.807, 2.05) is 11.8 Å². The zero-order valence-corrected chi connectivity index (χ0v) is 17.4. The molecule has 1 N–H and O–H groups in total. The number of anilines is 2. The molecule has 1 heterocycles. The Balaban J connectivity index is 1.92. The number of fused-ring (bicyclic) bond motifs is 1. The summed E-state index contributed by atoms with van der Waals surface area (Å²) in [6, 6.07) is 10.6. The van der Waals surface area contributed by atoms with E-state index in [2.05, 4.69) is 19.2 Å². The number of hydrogen-bond donors (Lipinski definition) is 1. The van der Waals surface area contributed by atoms with Gasteiger partial charge in [-0.15, -0.1) is 0 Å². The Hall–Kier alpha value is -2.43. The fourth-order valence-electron chi connectivity index (χ4n) is 4.20. The fourth-order valence-corrected chi connectivity index (χ4v) is 4.20. The van der Waals surface area contributed by atoms with E-state index in [1.165, 1.54) is 24.3 Å². The number of rotatable bonds is 7. The average Bonchev–Trinajstić information content (AvgIpc) is 2.70. The Morgan fingerprint density at radius 2 is 1.83 bits per heavy atom. The number of nitrogens with one attached hydrogen (secondary N) is 1. The van der Waals surface area contributed by atoms with Crippen molar-refractivity contribution in [3.8, 4) is 0 Å². The molecule has 2 aromatic rings. The number of nitrogens with zero attached hydrogens (tertiary/aromatic N) is 1. The van der Waals surface area contributed by atoms with Gasteiger partial charge in [0.1, 0.15) is 11.6 Å². The van der Waals surface area contributed by atoms with Crippen LogP contribution >= 0.6 is 0 Å². The van der Waals surface area contributed by atoms with Gasteiger partial charge < -0.3 is 10.2 Å². The summed E-state index contributed by atoms with van der Waals surface area (Å²) in [5, 5.41) is 3.39. The van der Waals surface area contributed by atoms with Crippen molar-refractivity contribution in [1.82, 2.24) is 0 Å². The standard InChI is InChI=1S/C24H30F2N2O/c1-4-6-7-17(5-2)24(29)28-16(3)14-22(21-15-19(26)10-13-23(21)28)27-20-11-8-18(25)9-12-20/h8-13,15-17,22,27H,4-7,14H2,1-3H3. The second-order valence-corrected chi connectivity index (χ2v) is 7.95. The molecule has 5 heteroatoms. The number of unbranched alkanes of at least 4 members (excludes halogenated alkanes) is 1. The molecule has 3 atom stereocenters. The van der Waals surface area contributed by atoms with Gasteiger partial charge in [0.05, 0.1) is 6.04 Å². The molecule has 0 aliphatic carbocycles. The van der Waals surface area contributed by atoms with E-state index in [0.29, 0.717) is 6.42 Å². The Morgan fingerprint density at radius 3 is 2.48 bits per heavy atom. The molecule has 3 nitrogen and oxygen atoms in total. The van der Waals surface area contributed by atoms with Crippen LogP contribution in [-0.2, 0) is 4.79 Å².